The summed E-state index contributed by atoms with van der Waals surface area (Å²) in [6.07, 6.45) is 0. The van der Waals surface area contributed by atoms with Crippen LogP contribution in [0.15, 0.2) is 60.2 Å². The van der Waals surface area contributed by atoms with Gasteiger partial charge < -0.3 is 10.0 Å². The van der Waals surface area contributed by atoms with Crippen LogP contribution in [0, 0.1) is 27.7 Å². The lowest BCUT2D eigenvalue weighted by molar-refractivity contribution is -0.132. The summed E-state index contributed by atoms with van der Waals surface area (Å²) in [6, 6.07) is 16.7. The Kier molecular flexibility index (Phi) is 6.12. The van der Waals surface area contributed by atoms with E-state index in [4.69, 9.17) is 4.98 Å². The number of rotatable bonds is 4. The van der Waals surface area contributed by atoms with Gasteiger partial charge in [0.05, 0.1) is 21.8 Å². The lowest BCUT2D eigenvalue weighted by Crippen LogP contribution is -2.29. The predicted octanol–water partition coefficient (Wildman–Crippen LogP) is 6.22. The summed E-state index contributed by atoms with van der Waals surface area (Å²) >= 11 is 1.38. The van der Waals surface area contributed by atoms with Gasteiger partial charge in [0, 0.05) is 25.3 Å². The maximum Gasteiger partial charge on any atom is 0.301 e. The molecule has 0 aliphatic carbocycles. The third-order valence-electron chi connectivity index (χ3n) is 6.84. The quantitative estimate of drug-likeness (QED) is 0.200. The highest BCUT2D eigenvalue weighted by Crippen LogP contribution is 2.45. The van der Waals surface area contributed by atoms with E-state index >= 15 is 0 Å². The lowest BCUT2D eigenvalue weighted by atomic mass is 9.93. The average molecular weight is 512 g/mol. The van der Waals surface area contributed by atoms with Gasteiger partial charge >= 0.3 is 5.91 Å². The van der Waals surface area contributed by atoms with Gasteiger partial charge in [-0.3, -0.25) is 14.5 Å². The van der Waals surface area contributed by atoms with Crippen LogP contribution in [0.25, 0.3) is 16.0 Å². The van der Waals surface area contributed by atoms with Gasteiger partial charge in [0.15, 0.2) is 5.13 Å². The van der Waals surface area contributed by atoms with Crippen molar-refractivity contribution < 1.29 is 14.7 Å². The molecule has 1 saturated heterocycles. The lowest BCUT2D eigenvalue weighted by Gasteiger charge is -2.24. The summed E-state index contributed by atoms with van der Waals surface area (Å²) in [5.74, 6) is -1.58. The van der Waals surface area contributed by atoms with E-state index in [1.165, 1.54) is 16.2 Å². The van der Waals surface area contributed by atoms with Gasteiger partial charge in [-0.1, -0.05) is 47.2 Å². The smallest absolute Gasteiger partial charge is 0.301 e. The van der Waals surface area contributed by atoms with Crippen LogP contribution >= 0.6 is 11.3 Å². The van der Waals surface area contributed by atoms with Crippen LogP contribution in [0.4, 0.5) is 10.8 Å². The standard InChI is InChI=1S/C30H29N3O3S/c1-16-7-8-18(3)22(14-16)27(34)24-26(20-9-11-21(12-10-20)32(5)6)33(29(36)28(24)35)30-31-25-19(4)13-17(2)15-23(25)37-30/h7-15,26,34H,1-6H3/b27-24+. The SMILES string of the molecule is Cc1ccc(C)c(/C(O)=C2\C(=O)C(=O)N(c3nc4c(C)cc(C)cc4s3)C2c2ccc(N(C)C)cc2)c1. The molecular weight excluding hydrogens is 482 g/mol. The molecule has 3 aromatic carbocycles. The minimum atomic E-state index is -0.807. The Morgan fingerprint density at radius 1 is 0.919 bits per heavy atom. The van der Waals surface area contributed by atoms with Crippen molar-refractivity contribution in [3.63, 3.8) is 0 Å². The summed E-state index contributed by atoms with van der Waals surface area (Å²) in [4.78, 5) is 35.4. The van der Waals surface area contributed by atoms with E-state index in [1.807, 2.05) is 95.2 Å². The number of aromatic nitrogens is 1. The molecule has 1 aliphatic rings. The molecule has 37 heavy (non-hydrogen) atoms. The topological polar surface area (TPSA) is 73.7 Å². The number of carbonyl (C=O) groups excluding carboxylic acids is 2. The Morgan fingerprint density at radius 3 is 2.30 bits per heavy atom. The molecule has 1 N–H and O–H groups in total. The van der Waals surface area contributed by atoms with Crippen molar-refractivity contribution in [3.05, 3.63) is 93.6 Å². The molecule has 0 saturated carbocycles. The molecule has 0 bridgehead atoms. The summed E-state index contributed by atoms with van der Waals surface area (Å²) < 4.78 is 0.950. The third kappa shape index (κ3) is 4.19. The van der Waals surface area contributed by atoms with Gasteiger partial charge in [0.1, 0.15) is 5.76 Å². The maximum absolute atomic E-state index is 13.6. The molecule has 4 aromatic rings. The zero-order chi connectivity index (χ0) is 26.6. The first kappa shape index (κ1) is 24.7. The molecular formula is C30H29N3O3S. The summed E-state index contributed by atoms with van der Waals surface area (Å²) in [7, 11) is 3.90. The summed E-state index contributed by atoms with van der Waals surface area (Å²) in [6.45, 7) is 7.82. The van der Waals surface area contributed by atoms with E-state index in [2.05, 4.69) is 6.07 Å². The first-order valence-corrected chi connectivity index (χ1v) is 12.9. The minimum Gasteiger partial charge on any atom is -0.507 e. The monoisotopic (exact) mass is 511 g/mol. The Hall–Kier alpha value is -3.97. The van der Waals surface area contributed by atoms with E-state index in [-0.39, 0.29) is 11.3 Å². The number of benzene rings is 3. The van der Waals surface area contributed by atoms with E-state index < -0.39 is 17.7 Å². The first-order chi connectivity index (χ1) is 17.6. The number of hydrogen-bond acceptors (Lipinski definition) is 6. The number of Topliss-reactive ketones (excluding diaryl/α,β-unsaturated/α-hetero) is 1. The highest BCUT2D eigenvalue weighted by atomic mass is 32.1. The Bertz CT molecular complexity index is 1600. The number of thiazole rings is 1. The fourth-order valence-corrected chi connectivity index (χ4v) is 6.07. The van der Waals surface area contributed by atoms with Crippen LogP contribution in [0.5, 0.6) is 0 Å². The number of nitrogens with zero attached hydrogens (tertiary/aromatic N) is 3. The second-order valence-corrected chi connectivity index (χ2v) is 10.9. The fraction of sp³-hybridized carbons (Fsp3) is 0.233. The minimum absolute atomic E-state index is 0.0726. The van der Waals surface area contributed by atoms with Crippen LogP contribution in [-0.2, 0) is 9.59 Å². The molecule has 6 nitrogen and oxygen atoms in total. The van der Waals surface area contributed by atoms with Gasteiger partial charge in [-0.05, 0) is 74.2 Å². The second kappa shape index (κ2) is 9.16. The highest BCUT2D eigenvalue weighted by molar-refractivity contribution is 7.22. The number of fused-ring (bicyclic) bond motifs is 1. The molecule has 1 aliphatic heterocycles. The predicted molar refractivity (Wildman–Crippen MR) is 151 cm³/mol. The van der Waals surface area contributed by atoms with Crippen molar-refractivity contribution in [2.45, 2.75) is 33.7 Å². The number of carbonyl (C=O) groups is 2. The first-order valence-electron chi connectivity index (χ1n) is 12.1. The molecule has 1 fully saturated rings. The van der Waals surface area contributed by atoms with Crippen molar-refractivity contribution in [2.24, 2.45) is 0 Å². The zero-order valence-electron chi connectivity index (χ0n) is 21.8. The van der Waals surface area contributed by atoms with E-state index in [9.17, 15) is 14.7 Å². The van der Waals surface area contributed by atoms with Crippen LogP contribution in [0.2, 0.25) is 0 Å². The number of aliphatic hydroxyl groups is 1. The number of ketones is 1. The molecule has 5 rings (SSSR count). The Balaban J connectivity index is 1.76. The molecule has 0 radical (unpaired) electrons. The number of amides is 1. The number of aliphatic hydroxyl groups excluding tert-OH is 1. The summed E-state index contributed by atoms with van der Waals surface area (Å²) in [5, 5.41) is 12.0. The number of anilines is 2. The van der Waals surface area contributed by atoms with Gasteiger partial charge in [-0.25, -0.2) is 4.98 Å². The zero-order valence-corrected chi connectivity index (χ0v) is 22.6. The Morgan fingerprint density at radius 2 is 1.62 bits per heavy atom. The molecule has 7 heteroatoms. The maximum atomic E-state index is 13.6. The second-order valence-electron chi connectivity index (χ2n) is 9.90. The largest absolute Gasteiger partial charge is 0.507 e. The normalized spacial score (nSPS) is 17.1. The van der Waals surface area contributed by atoms with Crippen LogP contribution in [0.3, 0.4) is 0 Å². The Labute approximate surface area is 220 Å². The van der Waals surface area contributed by atoms with Crippen molar-refractivity contribution in [3.8, 4) is 0 Å². The molecule has 1 aromatic heterocycles. The van der Waals surface area contributed by atoms with E-state index in [1.54, 1.807) is 0 Å². The third-order valence-corrected chi connectivity index (χ3v) is 7.84. The average Bonchev–Trinajstić information content (AvgIpc) is 3.39. The van der Waals surface area contributed by atoms with Crippen LogP contribution in [0.1, 0.15) is 39.4 Å². The van der Waals surface area contributed by atoms with Crippen molar-refractivity contribution in [2.75, 3.05) is 23.9 Å². The molecule has 188 valence electrons. The van der Waals surface area contributed by atoms with Crippen molar-refractivity contribution >= 4 is 49.8 Å². The van der Waals surface area contributed by atoms with Gasteiger partial charge in [-0.2, -0.15) is 0 Å². The van der Waals surface area contributed by atoms with Gasteiger partial charge in [0.2, 0.25) is 0 Å². The number of hydrogen-bond donors (Lipinski definition) is 1. The molecule has 1 unspecified atom stereocenters. The van der Waals surface area contributed by atoms with Crippen LogP contribution < -0.4 is 9.80 Å². The molecule has 1 atom stereocenters. The van der Waals surface area contributed by atoms with E-state index in [0.717, 1.165) is 43.7 Å². The molecule has 2 heterocycles. The van der Waals surface area contributed by atoms with E-state index in [0.29, 0.717) is 10.7 Å². The molecule has 0 spiro atoms. The van der Waals surface area contributed by atoms with Gasteiger partial charge in [-0.15, -0.1) is 0 Å². The van der Waals surface area contributed by atoms with Crippen LogP contribution in [-0.4, -0.2) is 35.9 Å². The number of aryl methyl sites for hydroxylation is 4. The van der Waals surface area contributed by atoms with Gasteiger partial charge in [0.25, 0.3) is 5.78 Å². The van der Waals surface area contributed by atoms with Crippen molar-refractivity contribution in [1.82, 2.24) is 4.98 Å². The van der Waals surface area contributed by atoms with Crippen molar-refractivity contribution in [1.29, 1.82) is 0 Å². The molecule has 1 amide bonds. The fourth-order valence-electron chi connectivity index (χ4n) is 4.90. The highest BCUT2D eigenvalue weighted by Gasteiger charge is 2.48. The summed E-state index contributed by atoms with van der Waals surface area (Å²) in [5.41, 5.74) is 7.03.